The SMILES string of the molecule is Fc1ccc[c]([Sn]([c]2ccccc2)([c]2ccccc2)[c]2ccccc2)c1. The first-order valence-electron chi connectivity index (χ1n) is 8.74. The second-order valence-electron chi connectivity index (χ2n) is 6.36. The second kappa shape index (κ2) is 7.46. The Balaban J connectivity index is 2.14. The molecule has 0 radical (unpaired) electrons. The summed E-state index contributed by atoms with van der Waals surface area (Å²) in [4.78, 5) is 0. The fourth-order valence-corrected chi connectivity index (χ4v) is 17.4. The molecule has 0 aliphatic rings. The number of hydrogen-bond donors (Lipinski definition) is 0. The van der Waals surface area contributed by atoms with Crippen LogP contribution in [0.4, 0.5) is 4.39 Å². The van der Waals surface area contributed by atoms with E-state index in [0.29, 0.717) is 0 Å². The molecule has 0 saturated carbocycles. The van der Waals surface area contributed by atoms with E-state index in [1.807, 2.05) is 24.3 Å². The van der Waals surface area contributed by atoms with Gasteiger partial charge in [-0.05, 0) is 0 Å². The zero-order valence-corrected chi connectivity index (χ0v) is 17.2. The molecule has 0 atom stereocenters. The number of halogens is 1. The van der Waals surface area contributed by atoms with E-state index in [1.165, 1.54) is 16.8 Å². The van der Waals surface area contributed by atoms with Crippen molar-refractivity contribution in [3.8, 4) is 0 Å². The number of rotatable bonds is 4. The monoisotopic (exact) mass is 446 g/mol. The van der Waals surface area contributed by atoms with E-state index in [2.05, 4.69) is 78.9 Å². The van der Waals surface area contributed by atoms with Crippen LogP contribution < -0.4 is 14.3 Å². The van der Waals surface area contributed by atoms with Crippen molar-refractivity contribution in [2.24, 2.45) is 0 Å². The summed E-state index contributed by atoms with van der Waals surface area (Å²) in [7, 11) is 0. The van der Waals surface area contributed by atoms with E-state index in [4.69, 9.17) is 0 Å². The van der Waals surface area contributed by atoms with Crippen molar-refractivity contribution in [2.75, 3.05) is 0 Å². The van der Waals surface area contributed by atoms with Crippen LogP contribution in [-0.2, 0) is 0 Å². The Morgan fingerprint density at radius 2 is 0.808 bits per heavy atom. The molecule has 2 heteroatoms. The molecule has 0 amide bonds. The van der Waals surface area contributed by atoms with Gasteiger partial charge in [0.15, 0.2) is 0 Å². The van der Waals surface area contributed by atoms with Crippen molar-refractivity contribution in [1.29, 1.82) is 0 Å². The fraction of sp³-hybridized carbons (Fsp3) is 0. The maximum atomic E-state index is 14.3. The molecule has 0 aliphatic heterocycles. The predicted octanol–water partition coefficient (Wildman–Crippen LogP) is 3.20. The van der Waals surface area contributed by atoms with Crippen molar-refractivity contribution >= 4 is 32.7 Å². The Bertz CT molecular complexity index is 885. The third-order valence-electron chi connectivity index (χ3n) is 4.88. The Labute approximate surface area is 157 Å². The summed E-state index contributed by atoms with van der Waals surface area (Å²) in [5.41, 5.74) is 0. The van der Waals surface area contributed by atoms with Gasteiger partial charge >= 0.3 is 158 Å². The molecule has 0 spiro atoms. The van der Waals surface area contributed by atoms with E-state index in [0.717, 1.165) is 3.58 Å². The van der Waals surface area contributed by atoms with Crippen LogP contribution in [0.1, 0.15) is 0 Å². The van der Waals surface area contributed by atoms with E-state index in [-0.39, 0.29) is 5.82 Å². The molecule has 0 saturated heterocycles. The van der Waals surface area contributed by atoms with E-state index >= 15 is 0 Å². The molecular formula is C24H19FSn. The number of hydrogen-bond acceptors (Lipinski definition) is 0. The van der Waals surface area contributed by atoms with Gasteiger partial charge in [-0.15, -0.1) is 0 Å². The first-order chi connectivity index (χ1) is 12.8. The third kappa shape index (κ3) is 2.97. The molecule has 4 rings (SSSR count). The Hall–Kier alpha value is -2.39. The molecule has 126 valence electrons. The number of benzene rings is 4. The first-order valence-corrected chi connectivity index (χ1v) is 14.5. The van der Waals surface area contributed by atoms with Gasteiger partial charge in [-0.25, -0.2) is 0 Å². The van der Waals surface area contributed by atoms with Gasteiger partial charge in [-0.3, -0.25) is 0 Å². The van der Waals surface area contributed by atoms with Gasteiger partial charge in [0, 0.05) is 0 Å². The van der Waals surface area contributed by atoms with Crippen molar-refractivity contribution in [1.82, 2.24) is 0 Å². The van der Waals surface area contributed by atoms with Crippen LogP contribution in [0.25, 0.3) is 0 Å². The molecular weight excluding hydrogens is 426 g/mol. The zero-order valence-electron chi connectivity index (χ0n) is 14.3. The summed E-state index contributed by atoms with van der Waals surface area (Å²) in [6, 6.07) is 39.1. The first kappa shape index (κ1) is 17.0. The average Bonchev–Trinajstić information content (AvgIpc) is 2.71. The Morgan fingerprint density at radius 1 is 0.423 bits per heavy atom. The van der Waals surface area contributed by atoms with E-state index in [9.17, 15) is 4.39 Å². The maximum absolute atomic E-state index is 14.3. The van der Waals surface area contributed by atoms with Gasteiger partial charge in [0.1, 0.15) is 0 Å². The summed E-state index contributed by atoms with van der Waals surface area (Å²) in [6.45, 7) is 0. The molecule has 0 aromatic heterocycles. The van der Waals surface area contributed by atoms with Crippen LogP contribution in [0, 0.1) is 5.82 Å². The van der Waals surface area contributed by atoms with Gasteiger partial charge < -0.3 is 0 Å². The minimum atomic E-state index is -3.59. The second-order valence-corrected chi connectivity index (χ2v) is 17.2. The normalized spacial score (nSPS) is 11.3. The van der Waals surface area contributed by atoms with Crippen LogP contribution in [0.15, 0.2) is 115 Å². The molecule has 0 heterocycles. The quantitative estimate of drug-likeness (QED) is 0.424. The Kier molecular flexibility index (Phi) is 4.89. The molecule has 4 aromatic carbocycles. The van der Waals surface area contributed by atoms with Crippen molar-refractivity contribution in [3.63, 3.8) is 0 Å². The van der Waals surface area contributed by atoms with E-state index in [1.54, 1.807) is 6.07 Å². The van der Waals surface area contributed by atoms with Crippen LogP contribution in [0.5, 0.6) is 0 Å². The molecule has 0 unspecified atom stereocenters. The molecule has 0 fully saturated rings. The van der Waals surface area contributed by atoms with Gasteiger partial charge in [-0.2, -0.15) is 0 Å². The van der Waals surface area contributed by atoms with Gasteiger partial charge in [0.2, 0.25) is 0 Å². The van der Waals surface area contributed by atoms with Gasteiger partial charge in [-0.1, -0.05) is 0 Å². The summed E-state index contributed by atoms with van der Waals surface area (Å²) < 4.78 is 19.4. The van der Waals surface area contributed by atoms with Crippen molar-refractivity contribution < 1.29 is 4.39 Å². The topological polar surface area (TPSA) is 0 Å². The molecule has 26 heavy (non-hydrogen) atoms. The molecule has 0 N–H and O–H groups in total. The van der Waals surface area contributed by atoms with Gasteiger partial charge in [0.25, 0.3) is 0 Å². The summed E-state index contributed by atoms with van der Waals surface area (Å²) in [5.74, 6) is -0.175. The molecule has 0 aliphatic carbocycles. The third-order valence-corrected chi connectivity index (χ3v) is 18.5. The van der Waals surface area contributed by atoms with Crippen LogP contribution in [0.2, 0.25) is 0 Å². The van der Waals surface area contributed by atoms with Crippen molar-refractivity contribution in [2.45, 2.75) is 0 Å². The summed E-state index contributed by atoms with van der Waals surface area (Å²) in [5, 5.41) is 0. The van der Waals surface area contributed by atoms with E-state index < -0.39 is 18.4 Å². The molecule has 4 aromatic rings. The Morgan fingerprint density at radius 3 is 1.19 bits per heavy atom. The average molecular weight is 445 g/mol. The standard InChI is InChI=1S/C6H4F.3C6H5.Sn/c7-6-4-2-1-3-5-6;3*1-2-4-6-5-3-1;/h1-2,4-5H;3*1-5H;. The minimum absolute atomic E-state index is 0.175. The zero-order chi connectivity index (χ0) is 17.8. The van der Waals surface area contributed by atoms with Crippen LogP contribution in [-0.4, -0.2) is 18.4 Å². The van der Waals surface area contributed by atoms with Gasteiger partial charge in [0.05, 0.1) is 0 Å². The molecule has 0 bridgehead atoms. The van der Waals surface area contributed by atoms with Crippen LogP contribution in [0.3, 0.4) is 0 Å². The fourth-order valence-electron chi connectivity index (χ4n) is 3.79. The predicted molar refractivity (Wildman–Crippen MR) is 110 cm³/mol. The summed E-state index contributed by atoms with van der Waals surface area (Å²) in [6.07, 6.45) is 0. The van der Waals surface area contributed by atoms with Crippen LogP contribution >= 0.6 is 0 Å². The van der Waals surface area contributed by atoms with Crippen molar-refractivity contribution in [3.05, 3.63) is 121 Å². The molecule has 0 nitrogen and oxygen atoms in total. The summed E-state index contributed by atoms with van der Waals surface area (Å²) >= 11 is -3.59.